The van der Waals surface area contributed by atoms with Gasteiger partial charge in [0.15, 0.2) is 5.82 Å². The van der Waals surface area contributed by atoms with Gasteiger partial charge in [-0.1, -0.05) is 18.5 Å². The van der Waals surface area contributed by atoms with Crippen LogP contribution < -0.4 is 0 Å². The Morgan fingerprint density at radius 2 is 2.35 bits per heavy atom. The Labute approximate surface area is 118 Å². The van der Waals surface area contributed by atoms with Crippen LogP contribution in [0, 0.1) is 5.41 Å². The highest BCUT2D eigenvalue weighted by molar-refractivity contribution is 5.75. The van der Waals surface area contributed by atoms with Crippen LogP contribution in [0.2, 0.25) is 0 Å². The quantitative estimate of drug-likeness (QED) is 0.858. The van der Waals surface area contributed by atoms with Crippen LogP contribution in [0.15, 0.2) is 4.52 Å². The molecule has 0 bridgehead atoms. The first-order valence-corrected chi connectivity index (χ1v) is 7.41. The molecule has 0 spiro atoms. The van der Waals surface area contributed by atoms with E-state index < -0.39 is 11.4 Å². The molecule has 1 saturated carbocycles. The Morgan fingerprint density at radius 1 is 1.55 bits per heavy atom. The molecule has 0 radical (unpaired) electrons. The first-order valence-electron chi connectivity index (χ1n) is 7.41. The molecule has 0 aromatic carbocycles. The molecule has 2 fully saturated rings. The number of hydrogen-bond donors (Lipinski definition) is 1. The van der Waals surface area contributed by atoms with Gasteiger partial charge in [0.05, 0.1) is 12.0 Å². The van der Waals surface area contributed by atoms with Gasteiger partial charge in [-0.05, 0) is 32.2 Å². The predicted octanol–water partition coefficient (Wildman–Crippen LogP) is 2.02. The third-order valence-electron chi connectivity index (χ3n) is 4.39. The summed E-state index contributed by atoms with van der Waals surface area (Å²) in [6, 6.07) is 0. The van der Waals surface area contributed by atoms with Gasteiger partial charge in [-0.15, -0.1) is 0 Å². The third-order valence-corrected chi connectivity index (χ3v) is 4.39. The first-order chi connectivity index (χ1) is 9.63. The molecule has 1 aliphatic carbocycles. The van der Waals surface area contributed by atoms with Crippen LogP contribution >= 0.6 is 0 Å². The molecule has 2 heterocycles. The van der Waals surface area contributed by atoms with Gasteiger partial charge < -0.3 is 9.63 Å². The molecule has 1 unspecified atom stereocenters. The van der Waals surface area contributed by atoms with Gasteiger partial charge in [-0.2, -0.15) is 4.98 Å². The Bertz CT molecular complexity index is 498. The number of aromatic nitrogens is 2. The van der Waals surface area contributed by atoms with Crippen molar-refractivity contribution in [3.05, 3.63) is 11.7 Å². The molecular formula is C14H21N3O3. The van der Waals surface area contributed by atoms with E-state index in [1.807, 2.05) is 6.92 Å². The number of carboxylic acid groups (broad SMARTS) is 1. The Kier molecular flexibility index (Phi) is 3.50. The third kappa shape index (κ3) is 2.57. The summed E-state index contributed by atoms with van der Waals surface area (Å²) in [6.07, 6.45) is 4.63. The molecule has 6 nitrogen and oxygen atoms in total. The summed E-state index contributed by atoms with van der Waals surface area (Å²) >= 11 is 0. The summed E-state index contributed by atoms with van der Waals surface area (Å²) in [5, 5.41) is 13.5. The Hall–Kier alpha value is -1.43. The SMILES string of the molecule is CCCC1(C(=O)O)CCN(Cc2noc(C3CC3)n2)C1. The Balaban J connectivity index is 1.62. The van der Waals surface area contributed by atoms with Crippen molar-refractivity contribution in [2.45, 2.75) is 51.5 Å². The van der Waals surface area contributed by atoms with Crippen molar-refractivity contribution in [3.63, 3.8) is 0 Å². The molecule has 1 N–H and O–H groups in total. The molecule has 1 aromatic heterocycles. The van der Waals surface area contributed by atoms with Gasteiger partial charge >= 0.3 is 5.97 Å². The second-order valence-corrected chi connectivity index (χ2v) is 6.12. The topological polar surface area (TPSA) is 79.5 Å². The molecule has 6 heteroatoms. The smallest absolute Gasteiger partial charge is 0.310 e. The molecule has 1 saturated heterocycles. The van der Waals surface area contributed by atoms with E-state index in [0.29, 0.717) is 31.3 Å². The van der Waals surface area contributed by atoms with Crippen LogP contribution in [0.5, 0.6) is 0 Å². The first kappa shape index (κ1) is 13.5. The lowest BCUT2D eigenvalue weighted by atomic mass is 9.83. The maximum atomic E-state index is 11.5. The lowest BCUT2D eigenvalue weighted by Gasteiger charge is -2.23. The molecule has 1 aromatic rings. The van der Waals surface area contributed by atoms with Crippen molar-refractivity contribution < 1.29 is 14.4 Å². The zero-order valence-electron chi connectivity index (χ0n) is 11.8. The summed E-state index contributed by atoms with van der Waals surface area (Å²) in [6.45, 7) is 4.01. The van der Waals surface area contributed by atoms with Gasteiger partial charge in [-0.3, -0.25) is 9.69 Å². The summed E-state index contributed by atoms with van der Waals surface area (Å²) in [7, 11) is 0. The van der Waals surface area contributed by atoms with E-state index >= 15 is 0 Å². The monoisotopic (exact) mass is 279 g/mol. The fraction of sp³-hybridized carbons (Fsp3) is 0.786. The Morgan fingerprint density at radius 3 is 3.00 bits per heavy atom. The lowest BCUT2D eigenvalue weighted by molar-refractivity contribution is -0.148. The number of hydrogen-bond acceptors (Lipinski definition) is 5. The second-order valence-electron chi connectivity index (χ2n) is 6.12. The molecule has 1 aliphatic heterocycles. The van der Waals surface area contributed by atoms with E-state index in [2.05, 4.69) is 15.0 Å². The number of carbonyl (C=O) groups is 1. The van der Waals surface area contributed by atoms with Gasteiger partial charge in [0.25, 0.3) is 0 Å². The number of likely N-dealkylation sites (tertiary alicyclic amines) is 1. The van der Waals surface area contributed by atoms with Crippen molar-refractivity contribution in [1.29, 1.82) is 0 Å². The fourth-order valence-corrected chi connectivity index (χ4v) is 3.09. The van der Waals surface area contributed by atoms with Crippen molar-refractivity contribution in [3.8, 4) is 0 Å². The highest BCUT2D eigenvalue weighted by Crippen LogP contribution is 2.39. The van der Waals surface area contributed by atoms with Crippen LogP contribution in [-0.2, 0) is 11.3 Å². The van der Waals surface area contributed by atoms with Gasteiger partial charge in [0.1, 0.15) is 0 Å². The van der Waals surface area contributed by atoms with Crippen LogP contribution in [0.3, 0.4) is 0 Å². The standard InChI is InChI=1S/C14H21N3O3/c1-2-5-14(13(18)19)6-7-17(9-14)8-11-15-12(20-16-11)10-3-4-10/h10H,2-9H2,1H3,(H,18,19). The largest absolute Gasteiger partial charge is 0.481 e. The van der Waals surface area contributed by atoms with Crippen LogP contribution in [0.25, 0.3) is 0 Å². The maximum absolute atomic E-state index is 11.5. The average Bonchev–Trinajstić information content (AvgIpc) is 3.03. The molecular weight excluding hydrogens is 258 g/mol. The minimum absolute atomic E-state index is 0.466. The van der Waals surface area contributed by atoms with Crippen molar-refractivity contribution >= 4 is 5.97 Å². The van der Waals surface area contributed by atoms with Crippen molar-refractivity contribution in [1.82, 2.24) is 15.0 Å². The predicted molar refractivity (Wildman–Crippen MR) is 71.1 cm³/mol. The molecule has 3 rings (SSSR count). The fourth-order valence-electron chi connectivity index (χ4n) is 3.09. The molecule has 0 amide bonds. The van der Waals surface area contributed by atoms with E-state index in [1.54, 1.807) is 0 Å². The number of rotatable bonds is 6. The summed E-state index contributed by atoms with van der Waals surface area (Å²) in [5.41, 5.74) is -0.586. The van der Waals surface area contributed by atoms with Crippen LogP contribution in [0.1, 0.15) is 56.7 Å². The van der Waals surface area contributed by atoms with Crippen LogP contribution in [0.4, 0.5) is 0 Å². The van der Waals surface area contributed by atoms with E-state index in [1.165, 1.54) is 0 Å². The summed E-state index contributed by atoms with van der Waals surface area (Å²) in [4.78, 5) is 18.1. The van der Waals surface area contributed by atoms with Crippen LogP contribution in [-0.4, -0.2) is 39.2 Å². The molecule has 20 heavy (non-hydrogen) atoms. The van der Waals surface area contributed by atoms with Gasteiger partial charge in [0, 0.05) is 12.5 Å². The number of nitrogens with zero attached hydrogens (tertiary/aromatic N) is 3. The van der Waals surface area contributed by atoms with E-state index in [9.17, 15) is 9.90 Å². The summed E-state index contributed by atoms with van der Waals surface area (Å²) < 4.78 is 5.24. The zero-order valence-corrected chi connectivity index (χ0v) is 11.8. The molecule has 110 valence electrons. The minimum Gasteiger partial charge on any atom is -0.481 e. The van der Waals surface area contributed by atoms with E-state index in [0.717, 1.165) is 38.1 Å². The van der Waals surface area contributed by atoms with Gasteiger partial charge in [-0.25, -0.2) is 0 Å². The van der Waals surface area contributed by atoms with Crippen molar-refractivity contribution in [2.24, 2.45) is 5.41 Å². The highest BCUT2D eigenvalue weighted by Gasteiger charge is 2.44. The van der Waals surface area contributed by atoms with E-state index in [-0.39, 0.29) is 0 Å². The summed E-state index contributed by atoms with van der Waals surface area (Å²) in [5.74, 6) is 1.23. The molecule has 2 aliphatic rings. The van der Waals surface area contributed by atoms with Gasteiger partial charge in [0.2, 0.25) is 5.89 Å². The van der Waals surface area contributed by atoms with E-state index in [4.69, 9.17) is 4.52 Å². The normalized spacial score (nSPS) is 27.1. The molecule has 1 atom stereocenters. The zero-order chi connectivity index (χ0) is 14.2. The number of aliphatic carboxylic acids is 1. The highest BCUT2D eigenvalue weighted by atomic mass is 16.5. The number of carboxylic acids is 1. The maximum Gasteiger partial charge on any atom is 0.310 e. The second kappa shape index (κ2) is 5.16. The average molecular weight is 279 g/mol. The van der Waals surface area contributed by atoms with Crippen molar-refractivity contribution in [2.75, 3.05) is 13.1 Å². The lowest BCUT2D eigenvalue weighted by Crippen LogP contribution is -2.34. The minimum atomic E-state index is -0.673.